The molecular formula is C20H19NO3. The highest BCUT2D eigenvalue weighted by Gasteiger charge is 2.04. The topological polar surface area (TPSA) is 47.6 Å². The van der Waals surface area contributed by atoms with Gasteiger partial charge in [-0.05, 0) is 48.9 Å². The van der Waals surface area contributed by atoms with Crippen molar-refractivity contribution in [3.8, 4) is 23.8 Å². The number of terminal acetylenes is 1. The Morgan fingerprint density at radius 3 is 2.79 bits per heavy atom. The van der Waals surface area contributed by atoms with Gasteiger partial charge in [0.05, 0.1) is 13.7 Å². The Morgan fingerprint density at radius 1 is 1.25 bits per heavy atom. The fourth-order valence-electron chi connectivity index (χ4n) is 2.11. The van der Waals surface area contributed by atoms with Crippen molar-refractivity contribution in [3.63, 3.8) is 0 Å². The van der Waals surface area contributed by atoms with Crippen molar-refractivity contribution < 1.29 is 14.3 Å². The van der Waals surface area contributed by atoms with Gasteiger partial charge in [0.25, 0.3) is 0 Å². The number of hydrogen-bond acceptors (Lipinski definition) is 3. The molecule has 0 aliphatic heterocycles. The molecule has 122 valence electrons. The maximum Gasteiger partial charge on any atom is 0.248 e. The smallest absolute Gasteiger partial charge is 0.248 e. The monoisotopic (exact) mass is 321 g/mol. The zero-order valence-electron chi connectivity index (χ0n) is 13.7. The zero-order valence-corrected chi connectivity index (χ0v) is 13.7. The van der Waals surface area contributed by atoms with E-state index in [1.165, 1.54) is 6.08 Å². The summed E-state index contributed by atoms with van der Waals surface area (Å²) in [7, 11) is 1.58. The fraction of sp³-hybridized carbons (Fsp3) is 0.150. The van der Waals surface area contributed by atoms with Gasteiger partial charge in [0, 0.05) is 17.3 Å². The van der Waals surface area contributed by atoms with Crippen molar-refractivity contribution >= 4 is 17.7 Å². The van der Waals surface area contributed by atoms with Crippen molar-refractivity contribution in [2.45, 2.75) is 6.92 Å². The number of methoxy groups -OCH3 is 1. The predicted molar refractivity (Wildman–Crippen MR) is 96.2 cm³/mol. The Kier molecular flexibility index (Phi) is 6.04. The van der Waals surface area contributed by atoms with Crippen LogP contribution in [0.5, 0.6) is 11.5 Å². The molecule has 4 heteroatoms. The minimum atomic E-state index is -0.239. The van der Waals surface area contributed by atoms with E-state index in [-0.39, 0.29) is 5.91 Å². The van der Waals surface area contributed by atoms with Crippen LogP contribution in [-0.4, -0.2) is 19.6 Å². The number of nitrogens with one attached hydrogen (secondary N) is 1. The van der Waals surface area contributed by atoms with Gasteiger partial charge in [-0.3, -0.25) is 4.79 Å². The highest BCUT2D eigenvalue weighted by Crippen LogP contribution is 2.28. The molecule has 0 saturated carbocycles. The Morgan fingerprint density at radius 2 is 2.08 bits per heavy atom. The highest BCUT2D eigenvalue weighted by atomic mass is 16.5. The van der Waals surface area contributed by atoms with E-state index in [1.54, 1.807) is 37.5 Å². The lowest BCUT2D eigenvalue weighted by atomic mass is 10.2. The summed E-state index contributed by atoms with van der Waals surface area (Å²) in [5.41, 5.74) is 2.21. The molecule has 0 heterocycles. The van der Waals surface area contributed by atoms with Gasteiger partial charge >= 0.3 is 0 Å². The molecule has 1 N–H and O–H groups in total. The van der Waals surface area contributed by atoms with Gasteiger partial charge in [0.2, 0.25) is 5.91 Å². The highest BCUT2D eigenvalue weighted by molar-refractivity contribution is 6.02. The van der Waals surface area contributed by atoms with Crippen LogP contribution in [0.3, 0.4) is 0 Å². The molecule has 0 aliphatic rings. The Hall–Kier alpha value is -3.19. The van der Waals surface area contributed by atoms with E-state index in [2.05, 4.69) is 11.2 Å². The summed E-state index contributed by atoms with van der Waals surface area (Å²) < 4.78 is 10.8. The Balaban J connectivity index is 2.07. The molecule has 2 aromatic carbocycles. The lowest BCUT2D eigenvalue weighted by Crippen LogP contribution is -2.07. The van der Waals surface area contributed by atoms with Crippen LogP contribution in [0.1, 0.15) is 18.1 Å². The van der Waals surface area contributed by atoms with Gasteiger partial charge in [0.15, 0.2) is 11.5 Å². The molecule has 0 radical (unpaired) electrons. The van der Waals surface area contributed by atoms with Crippen LogP contribution < -0.4 is 14.8 Å². The molecule has 4 nitrogen and oxygen atoms in total. The predicted octanol–water partition coefficient (Wildman–Crippen LogP) is 3.73. The Labute approximate surface area is 142 Å². The van der Waals surface area contributed by atoms with Crippen LogP contribution in [0.2, 0.25) is 0 Å². The molecule has 1 amide bonds. The van der Waals surface area contributed by atoms with Crippen LogP contribution in [0, 0.1) is 12.3 Å². The molecule has 0 fully saturated rings. The summed E-state index contributed by atoms with van der Waals surface area (Å²) in [5, 5.41) is 2.77. The minimum Gasteiger partial charge on any atom is -0.493 e. The van der Waals surface area contributed by atoms with Crippen molar-refractivity contribution in [1.82, 2.24) is 0 Å². The van der Waals surface area contributed by atoms with E-state index in [1.807, 2.05) is 25.1 Å². The summed E-state index contributed by atoms with van der Waals surface area (Å²) in [5.74, 6) is 3.59. The fourth-order valence-corrected chi connectivity index (χ4v) is 2.11. The third kappa shape index (κ3) is 4.65. The van der Waals surface area contributed by atoms with E-state index in [9.17, 15) is 4.79 Å². The summed E-state index contributed by atoms with van der Waals surface area (Å²) in [6.45, 7) is 2.47. The van der Waals surface area contributed by atoms with Crippen molar-refractivity contribution in [2.75, 3.05) is 19.0 Å². The van der Waals surface area contributed by atoms with Crippen LogP contribution in [0.25, 0.3) is 6.08 Å². The second-order valence-corrected chi connectivity index (χ2v) is 4.89. The lowest BCUT2D eigenvalue weighted by molar-refractivity contribution is -0.111. The molecule has 0 spiro atoms. The Bertz CT molecular complexity index is 788. The van der Waals surface area contributed by atoms with E-state index >= 15 is 0 Å². The molecule has 0 bridgehead atoms. The van der Waals surface area contributed by atoms with Gasteiger partial charge in [-0.1, -0.05) is 18.1 Å². The molecule has 0 aliphatic carbocycles. The number of amides is 1. The number of benzene rings is 2. The summed E-state index contributed by atoms with van der Waals surface area (Å²) >= 11 is 0. The van der Waals surface area contributed by atoms with E-state index in [4.69, 9.17) is 15.9 Å². The van der Waals surface area contributed by atoms with Crippen molar-refractivity contribution in [1.29, 1.82) is 0 Å². The number of anilines is 1. The standard InChI is InChI=1S/C20H19NO3/c1-4-15-7-6-8-17(13-15)21-20(22)12-10-16-9-11-18(24-5-2)19(14-16)23-3/h1,6-14H,5H2,2-3H3,(H,21,22)/b12-10+. The maximum atomic E-state index is 12.0. The molecule has 0 aromatic heterocycles. The van der Waals surface area contributed by atoms with Crippen LogP contribution >= 0.6 is 0 Å². The quantitative estimate of drug-likeness (QED) is 0.651. The van der Waals surface area contributed by atoms with Crippen LogP contribution in [0.15, 0.2) is 48.5 Å². The second-order valence-electron chi connectivity index (χ2n) is 4.89. The van der Waals surface area contributed by atoms with Crippen molar-refractivity contribution in [2.24, 2.45) is 0 Å². The first-order valence-corrected chi connectivity index (χ1v) is 7.53. The molecule has 2 aromatic rings. The summed E-state index contributed by atoms with van der Waals surface area (Å²) in [4.78, 5) is 12.0. The third-order valence-electron chi connectivity index (χ3n) is 3.21. The molecular weight excluding hydrogens is 302 g/mol. The summed E-state index contributed by atoms with van der Waals surface area (Å²) in [6.07, 6.45) is 8.51. The third-order valence-corrected chi connectivity index (χ3v) is 3.21. The van der Waals surface area contributed by atoms with Crippen LogP contribution in [-0.2, 0) is 4.79 Å². The SMILES string of the molecule is C#Cc1cccc(NC(=O)/C=C/c2ccc(OCC)c(OC)c2)c1. The first-order valence-electron chi connectivity index (χ1n) is 7.53. The largest absolute Gasteiger partial charge is 0.493 e. The zero-order chi connectivity index (χ0) is 17.4. The molecule has 2 rings (SSSR count). The number of ether oxygens (including phenoxy) is 2. The van der Waals surface area contributed by atoms with Crippen LogP contribution in [0.4, 0.5) is 5.69 Å². The van der Waals surface area contributed by atoms with E-state index in [0.717, 1.165) is 5.56 Å². The van der Waals surface area contributed by atoms with E-state index in [0.29, 0.717) is 29.4 Å². The first-order chi connectivity index (χ1) is 11.7. The van der Waals surface area contributed by atoms with Gasteiger partial charge in [-0.25, -0.2) is 0 Å². The summed E-state index contributed by atoms with van der Waals surface area (Å²) in [6, 6.07) is 12.6. The van der Waals surface area contributed by atoms with Crippen molar-refractivity contribution in [3.05, 3.63) is 59.7 Å². The number of rotatable bonds is 6. The normalized spacial score (nSPS) is 10.2. The molecule has 24 heavy (non-hydrogen) atoms. The minimum absolute atomic E-state index is 0.239. The van der Waals surface area contributed by atoms with Gasteiger partial charge in [-0.15, -0.1) is 6.42 Å². The molecule has 0 atom stereocenters. The maximum absolute atomic E-state index is 12.0. The number of carbonyl (C=O) groups excluding carboxylic acids is 1. The lowest BCUT2D eigenvalue weighted by Gasteiger charge is -2.09. The molecule has 0 saturated heterocycles. The van der Waals surface area contributed by atoms with Gasteiger partial charge < -0.3 is 14.8 Å². The molecule has 0 unspecified atom stereocenters. The van der Waals surface area contributed by atoms with E-state index < -0.39 is 0 Å². The number of carbonyl (C=O) groups is 1. The first kappa shape index (κ1) is 17.2. The number of hydrogen-bond donors (Lipinski definition) is 1. The van der Waals surface area contributed by atoms with Gasteiger partial charge in [0.1, 0.15) is 0 Å². The second kappa shape index (κ2) is 8.44. The average Bonchev–Trinajstić information content (AvgIpc) is 2.61. The van der Waals surface area contributed by atoms with Gasteiger partial charge in [-0.2, -0.15) is 0 Å². The average molecular weight is 321 g/mol.